The second kappa shape index (κ2) is 5.53. The molecule has 0 saturated carbocycles. The van der Waals surface area contributed by atoms with E-state index in [9.17, 15) is 5.26 Å². The Morgan fingerprint density at radius 1 is 1.33 bits per heavy atom. The molecule has 2 aromatic heterocycles. The van der Waals surface area contributed by atoms with Crippen LogP contribution in [0.25, 0.3) is 0 Å². The van der Waals surface area contributed by atoms with Gasteiger partial charge >= 0.3 is 0 Å². The number of rotatable bonds is 2. The minimum atomic E-state index is 0.485. The molecule has 4 nitrogen and oxygen atoms in total. The van der Waals surface area contributed by atoms with Crippen LogP contribution in [-0.2, 0) is 0 Å². The van der Waals surface area contributed by atoms with Crippen LogP contribution in [0.2, 0.25) is 0 Å². The molecule has 21 heavy (non-hydrogen) atoms. The van der Waals surface area contributed by atoms with Gasteiger partial charge in [-0.3, -0.25) is 9.97 Å². The summed E-state index contributed by atoms with van der Waals surface area (Å²) in [5, 5.41) is 9.27. The van der Waals surface area contributed by atoms with Crippen LogP contribution in [-0.4, -0.2) is 23.1 Å². The molecule has 0 amide bonds. The van der Waals surface area contributed by atoms with E-state index in [2.05, 4.69) is 33.9 Å². The summed E-state index contributed by atoms with van der Waals surface area (Å²) < 4.78 is 0. The van der Waals surface area contributed by atoms with Crippen LogP contribution in [0.4, 0.5) is 5.69 Å². The smallest absolute Gasteiger partial charge is 0.103 e. The molecule has 1 fully saturated rings. The second-order valence-electron chi connectivity index (χ2n) is 5.62. The summed E-state index contributed by atoms with van der Waals surface area (Å²) in [6, 6.07) is 6.32. The van der Waals surface area contributed by atoms with Gasteiger partial charge in [0.25, 0.3) is 0 Å². The Kier molecular flexibility index (Phi) is 3.57. The Hall–Kier alpha value is -2.41. The molecule has 1 saturated heterocycles. The fourth-order valence-electron chi connectivity index (χ4n) is 3.03. The van der Waals surface area contributed by atoms with Gasteiger partial charge in [-0.2, -0.15) is 5.26 Å². The number of hydrogen-bond donors (Lipinski definition) is 0. The molecule has 0 aliphatic carbocycles. The number of nitrogens with zero attached hydrogens (tertiary/aromatic N) is 4. The van der Waals surface area contributed by atoms with Crippen LogP contribution < -0.4 is 4.90 Å². The lowest BCUT2D eigenvalue weighted by Crippen LogP contribution is -2.20. The standard InChI is InChI=1S/C17H18N4/c1-12-3-5-19-10-16(12)14-4-6-21(11-14)17-7-13(2)20-9-15(17)8-18/h3,5,7,9-10,14H,4,6,11H2,1-2H3. The Balaban J connectivity index is 1.87. The maximum Gasteiger partial charge on any atom is 0.103 e. The number of anilines is 1. The zero-order chi connectivity index (χ0) is 14.8. The number of aromatic nitrogens is 2. The van der Waals surface area contributed by atoms with Crippen molar-refractivity contribution in [2.45, 2.75) is 26.2 Å². The van der Waals surface area contributed by atoms with Gasteiger partial charge in [0.05, 0.1) is 11.3 Å². The SMILES string of the molecule is Cc1cc(N2CCC(c3cnccc3C)C2)c(C#N)cn1. The van der Waals surface area contributed by atoms with Crippen molar-refractivity contribution in [3.05, 3.63) is 53.1 Å². The third kappa shape index (κ3) is 2.59. The van der Waals surface area contributed by atoms with E-state index in [-0.39, 0.29) is 0 Å². The highest BCUT2D eigenvalue weighted by molar-refractivity contribution is 5.60. The van der Waals surface area contributed by atoms with E-state index in [4.69, 9.17) is 0 Å². The lowest BCUT2D eigenvalue weighted by Gasteiger charge is -2.20. The molecule has 4 heteroatoms. The van der Waals surface area contributed by atoms with Crippen LogP contribution in [0.5, 0.6) is 0 Å². The normalized spacial score (nSPS) is 17.8. The molecule has 1 aliphatic heterocycles. The van der Waals surface area contributed by atoms with E-state index in [1.807, 2.05) is 25.4 Å². The van der Waals surface area contributed by atoms with Crippen LogP contribution in [0, 0.1) is 25.2 Å². The Morgan fingerprint density at radius 3 is 2.95 bits per heavy atom. The predicted octanol–water partition coefficient (Wildman–Crippen LogP) is 2.96. The highest BCUT2D eigenvalue weighted by Crippen LogP contribution is 2.33. The fourth-order valence-corrected chi connectivity index (χ4v) is 3.03. The Labute approximate surface area is 125 Å². The van der Waals surface area contributed by atoms with E-state index in [0.717, 1.165) is 30.9 Å². The third-order valence-corrected chi connectivity index (χ3v) is 4.19. The maximum atomic E-state index is 9.27. The van der Waals surface area contributed by atoms with Crippen molar-refractivity contribution in [2.24, 2.45) is 0 Å². The summed E-state index contributed by atoms with van der Waals surface area (Å²) in [5.41, 5.74) is 5.23. The summed E-state index contributed by atoms with van der Waals surface area (Å²) >= 11 is 0. The lowest BCUT2D eigenvalue weighted by molar-refractivity contribution is 0.763. The van der Waals surface area contributed by atoms with Gasteiger partial charge in [0.15, 0.2) is 0 Å². The maximum absolute atomic E-state index is 9.27. The molecule has 0 spiro atoms. The average molecular weight is 278 g/mol. The molecule has 0 radical (unpaired) electrons. The molecule has 1 aliphatic rings. The van der Waals surface area contributed by atoms with Crippen molar-refractivity contribution in [1.29, 1.82) is 5.26 Å². The van der Waals surface area contributed by atoms with Gasteiger partial charge in [-0.1, -0.05) is 0 Å². The summed E-state index contributed by atoms with van der Waals surface area (Å²) in [7, 11) is 0. The number of aryl methyl sites for hydroxylation is 2. The summed E-state index contributed by atoms with van der Waals surface area (Å²) in [5.74, 6) is 0.485. The Bertz CT molecular complexity index is 702. The zero-order valence-corrected chi connectivity index (χ0v) is 12.4. The van der Waals surface area contributed by atoms with Gasteiger partial charge < -0.3 is 4.90 Å². The molecule has 1 atom stereocenters. The predicted molar refractivity (Wildman–Crippen MR) is 82.2 cm³/mol. The van der Waals surface area contributed by atoms with Gasteiger partial charge in [-0.15, -0.1) is 0 Å². The van der Waals surface area contributed by atoms with E-state index >= 15 is 0 Å². The average Bonchev–Trinajstić information content (AvgIpc) is 2.97. The summed E-state index contributed by atoms with van der Waals surface area (Å²) in [4.78, 5) is 10.8. The first kappa shape index (κ1) is 13.6. The van der Waals surface area contributed by atoms with E-state index in [1.165, 1.54) is 11.1 Å². The molecule has 3 heterocycles. The van der Waals surface area contributed by atoms with Crippen molar-refractivity contribution in [3.8, 4) is 6.07 Å². The van der Waals surface area contributed by atoms with Gasteiger partial charge in [0.1, 0.15) is 6.07 Å². The molecule has 0 N–H and O–H groups in total. The van der Waals surface area contributed by atoms with Crippen LogP contribution >= 0.6 is 0 Å². The second-order valence-corrected chi connectivity index (χ2v) is 5.62. The fraction of sp³-hybridized carbons (Fsp3) is 0.353. The number of hydrogen-bond acceptors (Lipinski definition) is 4. The Morgan fingerprint density at radius 2 is 2.19 bits per heavy atom. The van der Waals surface area contributed by atoms with Gasteiger partial charge in [-0.05, 0) is 43.5 Å². The largest absolute Gasteiger partial charge is 0.370 e. The quantitative estimate of drug-likeness (QED) is 0.847. The molecule has 3 rings (SSSR count). The van der Waals surface area contributed by atoms with Crippen molar-refractivity contribution < 1.29 is 0 Å². The number of nitriles is 1. The molecule has 2 aromatic rings. The van der Waals surface area contributed by atoms with Gasteiger partial charge in [-0.25, -0.2) is 0 Å². The molecule has 0 aromatic carbocycles. The first-order valence-corrected chi connectivity index (χ1v) is 7.21. The van der Waals surface area contributed by atoms with E-state index < -0.39 is 0 Å². The highest BCUT2D eigenvalue weighted by atomic mass is 15.2. The lowest BCUT2D eigenvalue weighted by atomic mass is 9.96. The molecular weight excluding hydrogens is 260 g/mol. The van der Waals surface area contributed by atoms with Gasteiger partial charge in [0.2, 0.25) is 0 Å². The zero-order valence-electron chi connectivity index (χ0n) is 12.4. The topological polar surface area (TPSA) is 52.8 Å². The first-order chi connectivity index (χ1) is 10.2. The molecule has 106 valence electrons. The minimum Gasteiger partial charge on any atom is -0.370 e. The monoisotopic (exact) mass is 278 g/mol. The van der Waals surface area contributed by atoms with E-state index in [1.54, 1.807) is 6.20 Å². The molecular formula is C17H18N4. The van der Waals surface area contributed by atoms with E-state index in [0.29, 0.717) is 11.5 Å². The summed E-state index contributed by atoms with van der Waals surface area (Å²) in [6.07, 6.45) is 6.59. The van der Waals surface area contributed by atoms with Crippen LogP contribution in [0.3, 0.4) is 0 Å². The molecule has 0 bridgehead atoms. The minimum absolute atomic E-state index is 0.485. The van der Waals surface area contributed by atoms with Crippen molar-refractivity contribution in [3.63, 3.8) is 0 Å². The number of pyridine rings is 2. The van der Waals surface area contributed by atoms with Gasteiger partial charge in [0, 0.05) is 43.3 Å². The summed E-state index contributed by atoms with van der Waals surface area (Å²) in [6.45, 7) is 6.00. The van der Waals surface area contributed by atoms with Crippen LogP contribution in [0.1, 0.15) is 34.7 Å². The van der Waals surface area contributed by atoms with Crippen molar-refractivity contribution >= 4 is 5.69 Å². The van der Waals surface area contributed by atoms with Crippen molar-refractivity contribution in [1.82, 2.24) is 9.97 Å². The van der Waals surface area contributed by atoms with Crippen LogP contribution in [0.15, 0.2) is 30.7 Å². The van der Waals surface area contributed by atoms with Crippen molar-refractivity contribution in [2.75, 3.05) is 18.0 Å². The highest BCUT2D eigenvalue weighted by Gasteiger charge is 2.26. The molecule has 1 unspecified atom stereocenters. The first-order valence-electron chi connectivity index (χ1n) is 7.21. The third-order valence-electron chi connectivity index (χ3n) is 4.19.